The normalized spacial score (nSPS) is 13.3. The molecular formula is C13H12F3NO2. The fourth-order valence-corrected chi connectivity index (χ4v) is 1.66. The van der Waals surface area contributed by atoms with E-state index >= 15 is 0 Å². The van der Waals surface area contributed by atoms with Gasteiger partial charge in [0.25, 0.3) is 0 Å². The van der Waals surface area contributed by atoms with Crippen molar-refractivity contribution in [3.05, 3.63) is 53.5 Å². The minimum absolute atomic E-state index is 0.279. The van der Waals surface area contributed by atoms with Gasteiger partial charge in [-0.2, -0.15) is 0 Å². The largest absolute Gasteiger partial charge is 0.573 e. The predicted molar refractivity (Wildman–Crippen MR) is 62.6 cm³/mol. The lowest BCUT2D eigenvalue weighted by molar-refractivity contribution is -0.274. The summed E-state index contributed by atoms with van der Waals surface area (Å²) in [6.07, 6.45) is -4.69. The third kappa shape index (κ3) is 3.51. The molecule has 0 spiro atoms. The standard InChI is InChI=1S/C13H12F3NO2/c1-8-2-7-11(18-8)12(17)9-3-5-10(6-4-9)19-13(14,15)16/h2-7,12H,17H2,1H3/t12-/m0/s1. The van der Waals surface area contributed by atoms with Crippen molar-refractivity contribution in [1.29, 1.82) is 0 Å². The van der Waals surface area contributed by atoms with Gasteiger partial charge in [0.05, 0.1) is 6.04 Å². The van der Waals surface area contributed by atoms with Gasteiger partial charge in [-0.15, -0.1) is 13.2 Å². The summed E-state index contributed by atoms with van der Waals surface area (Å²) in [7, 11) is 0. The van der Waals surface area contributed by atoms with Gasteiger partial charge in [-0.25, -0.2) is 0 Å². The highest BCUT2D eigenvalue weighted by Crippen LogP contribution is 2.26. The van der Waals surface area contributed by atoms with Gasteiger partial charge in [0.2, 0.25) is 0 Å². The van der Waals surface area contributed by atoms with Crippen LogP contribution < -0.4 is 10.5 Å². The molecule has 0 fully saturated rings. The molecule has 1 heterocycles. The van der Waals surface area contributed by atoms with Crippen LogP contribution in [-0.4, -0.2) is 6.36 Å². The van der Waals surface area contributed by atoms with Crippen LogP contribution in [0.15, 0.2) is 40.8 Å². The van der Waals surface area contributed by atoms with Crippen LogP contribution in [0.4, 0.5) is 13.2 Å². The second kappa shape index (κ2) is 4.97. The number of hydrogen-bond donors (Lipinski definition) is 1. The maximum Gasteiger partial charge on any atom is 0.573 e. The van der Waals surface area contributed by atoms with Crippen molar-refractivity contribution >= 4 is 0 Å². The smallest absolute Gasteiger partial charge is 0.464 e. The van der Waals surface area contributed by atoms with Gasteiger partial charge in [0.15, 0.2) is 0 Å². The van der Waals surface area contributed by atoms with Gasteiger partial charge in [-0.3, -0.25) is 0 Å². The Balaban J connectivity index is 2.14. The zero-order chi connectivity index (χ0) is 14.0. The van der Waals surface area contributed by atoms with E-state index in [0.29, 0.717) is 11.3 Å². The first-order chi connectivity index (χ1) is 8.85. The van der Waals surface area contributed by atoms with Gasteiger partial charge < -0.3 is 14.9 Å². The maximum absolute atomic E-state index is 12.0. The van der Waals surface area contributed by atoms with E-state index in [1.807, 2.05) is 0 Å². The molecule has 3 nitrogen and oxygen atoms in total. The number of halogens is 3. The number of ether oxygens (including phenoxy) is 1. The van der Waals surface area contributed by atoms with E-state index in [1.54, 1.807) is 19.1 Å². The molecule has 0 radical (unpaired) electrons. The molecule has 0 unspecified atom stereocenters. The monoisotopic (exact) mass is 271 g/mol. The quantitative estimate of drug-likeness (QED) is 0.928. The number of nitrogens with two attached hydrogens (primary N) is 1. The summed E-state index contributed by atoms with van der Waals surface area (Å²) in [6.45, 7) is 1.79. The van der Waals surface area contributed by atoms with E-state index in [0.717, 1.165) is 5.76 Å². The molecule has 2 N–H and O–H groups in total. The van der Waals surface area contributed by atoms with Gasteiger partial charge in [-0.1, -0.05) is 12.1 Å². The van der Waals surface area contributed by atoms with E-state index < -0.39 is 12.4 Å². The lowest BCUT2D eigenvalue weighted by Crippen LogP contribution is -2.17. The third-order valence-electron chi connectivity index (χ3n) is 2.54. The Morgan fingerprint density at radius 1 is 1.11 bits per heavy atom. The van der Waals surface area contributed by atoms with Gasteiger partial charge in [0, 0.05) is 0 Å². The van der Waals surface area contributed by atoms with E-state index in [1.165, 1.54) is 24.3 Å². The summed E-state index contributed by atoms with van der Waals surface area (Å²) in [5.74, 6) is 1.00. The van der Waals surface area contributed by atoms with Crippen LogP contribution in [0.3, 0.4) is 0 Å². The molecule has 0 saturated carbocycles. The van der Waals surface area contributed by atoms with Gasteiger partial charge in [-0.05, 0) is 36.8 Å². The molecule has 2 rings (SSSR count). The fourth-order valence-electron chi connectivity index (χ4n) is 1.66. The van der Waals surface area contributed by atoms with Gasteiger partial charge in [0.1, 0.15) is 17.3 Å². The van der Waals surface area contributed by atoms with Crippen molar-refractivity contribution in [3.8, 4) is 5.75 Å². The highest BCUT2D eigenvalue weighted by Gasteiger charge is 2.31. The van der Waals surface area contributed by atoms with Crippen molar-refractivity contribution in [1.82, 2.24) is 0 Å². The molecule has 19 heavy (non-hydrogen) atoms. The summed E-state index contributed by atoms with van der Waals surface area (Å²) in [5, 5.41) is 0. The minimum Gasteiger partial charge on any atom is -0.464 e. The molecule has 1 aromatic heterocycles. The lowest BCUT2D eigenvalue weighted by Gasteiger charge is -2.12. The Kier molecular flexibility index (Phi) is 3.53. The summed E-state index contributed by atoms with van der Waals surface area (Å²) in [6, 6.07) is 8.38. The van der Waals surface area contributed by atoms with Crippen LogP contribution in [0, 0.1) is 6.92 Å². The van der Waals surface area contributed by atoms with Crippen molar-refractivity contribution in [2.45, 2.75) is 19.3 Å². The molecular weight excluding hydrogens is 259 g/mol. The second-order valence-electron chi connectivity index (χ2n) is 4.04. The number of alkyl halides is 3. The lowest BCUT2D eigenvalue weighted by atomic mass is 10.1. The third-order valence-corrected chi connectivity index (χ3v) is 2.54. The Bertz CT molecular complexity index is 546. The van der Waals surface area contributed by atoms with Crippen LogP contribution in [0.2, 0.25) is 0 Å². The molecule has 2 aromatic rings. The molecule has 1 atom stereocenters. The summed E-state index contributed by atoms with van der Waals surface area (Å²) >= 11 is 0. The molecule has 6 heteroatoms. The van der Waals surface area contributed by atoms with E-state index in [-0.39, 0.29) is 5.75 Å². The van der Waals surface area contributed by atoms with Crippen molar-refractivity contribution in [3.63, 3.8) is 0 Å². The Morgan fingerprint density at radius 3 is 2.21 bits per heavy atom. The summed E-state index contributed by atoms with van der Waals surface area (Å²) < 4.78 is 45.2. The Morgan fingerprint density at radius 2 is 1.74 bits per heavy atom. The number of hydrogen-bond acceptors (Lipinski definition) is 3. The van der Waals surface area contributed by atoms with E-state index in [2.05, 4.69) is 4.74 Å². The topological polar surface area (TPSA) is 48.4 Å². The first-order valence-corrected chi connectivity index (χ1v) is 5.53. The Hall–Kier alpha value is -1.95. The number of rotatable bonds is 3. The maximum atomic E-state index is 12.0. The van der Waals surface area contributed by atoms with Crippen molar-refractivity contribution in [2.24, 2.45) is 5.73 Å². The van der Waals surface area contributed by atoms with Crippen LogP contribution >= 0.6 is 0 Å². The van der Waals surface area contributed by atoms with Gasteiger partial charge >= 0.3 is 6.36 Å². The highest BCUT2D eigenvalue weighted by molar-refractivity contribution is 5.32. The fraction of sp³-hybridized carbons (Fsp3) is 0.231. The van der Waals surface area contributed by atoms with Crippen LogP contribution in [0.5, 0.6) is 5.75 Å². The van der Waals surface area contributed by atoms with E-state index in [9.17, 15) is 13.2 Å². The van der Waals surface area contributed by atoms with Crippen LogP contribution in [0.1, 0.15) is 23.1 Å². The predicted octanol–water partition coefficient (Wildman–Crippen LogP) is 3.53. The molecule has 0 bridgehead atoms. The zero-order valence-electron chi connectivity index (χ0n) is 10.1. The summed E-state index contributed by atoms with van der Waals surface area (Å²) in [5.41, 5.74) is 6.59. The van der Waals surface area contributed by atoms with Crippen LogP contribution in [-0.2, 0) is 0 Å². The highest BCUT2D eigenvalue weighted by atomic mass is 19.4. The van der Waals surface area contributed by atoms with E-state index in [4.69, 9.17) is 10.2 Å². The number of furan rings is 1. The molecule has 0 amide bonds. The molecule has 102 valence electrons. The summed E-state index contributed by atoms with van der Waals surface area (Å²) in [4.78, 5) is 0. The zero-order valence-corrected chi connectivity index (χ0v) is 10.1. The van der Waals surface area contributed by atoms with Crippen LogP contribution in [0.25, 0.3) is 0 Å². The minimum atomic E-state index is -4.69. The number of aryl methyl sites for hydroxylation is 1. The molecule has 0 saturated heterocycles. The van der Waals surface area contributed by atoms with Crippen molar-refractivity contribution in [2.75, 3.05) is 0 Å². The number of benzene rings is 1. The molecule has 0 aliphatic rings. The Labute approximate surface area is 107 Å². The van der Waals surface area contributed by atoms with Crippen molar-refractivity contribution < 1.29 is 22.3 Å². The average molecular weight is 271 g/mol. The molecule has 0 aliphatic carbocycles. The molecule has 0 aliphatic heterocycles. The average Bonchev–Trinajstić information content (AvgIpc) is 2.74. The second-order valence-corrected chi connectivity index (χ2v) is 4.04. The first kappa shape index (κ1) is 13.5. The first-order valence-electron chi connectivity index (χ1n) is 5.53. The SMILES string of the molecule is Cc1ccc([C@@H](N)c2ccc(OC(F)(F)F)cc2)o1. The molecule has 1 aromatic carbocycles.